The van der Waals surface area contributed by atoms with Crippen LogP contribution in [0.25, 0.3) is 11.1 Å². The summed E-state index contributed by atoms with van der Waals surface area (Å²) < 4.78 is 13.1. The summed E-state index contributed by atoms with van der Waals surface area (Å²) in [6, 6.07) is 6.78. The standard InChI is InChI=1S/C16H18FN/c1-9-7-10(2)12(4)16(11(9)3)14-6-5-13(17)8-15(14)18/h5-8H,18H2,1-4H3. The van der Waals surface area contributed by atoms with Gasteiger partial charge in [-0.3, -0.25) is 0 Å². The molecule has 2 N–H and O–H groups in total. The highest BCUT2D eigenvalue weighted by molar-refractivity contribution is 5.82. The lowest BCUT2D eigenvalue weighted by Gasteiger charge is -2.17. The molecule has 1 nitrogen and oxygen atoms in total. The molecule has 18 heavy (non-hydrogen) atoms. The van der Waals surface area contributed by atoms with Gasteiger partial charge in [-0.2, -0.15) is 0 Å². The highest BCUT2D eigenvalue weighted by Gasteiger charge is 2.13. The molecule has 0 saturated carbocycles. The van der Waals surface area contributed by atoms with Crippen molar-refractivity contribution in [2.24, 2.45) is 0 Å². The fraction of sp³-hybridized carbons (Fsp3) is 0.250. The topological polar surface area (TPSA) is 26.0 Å². The third-order valence-corrected chi connectivity index (χ3v) is 3.65. The second-order valence-corrected chi connectivity index (χ2v) is 4.87. The lowest BCUT2D eigenvalue weighted by atomic mass is 9.89. The van der Waals surface area contributed by atoms with Crippen molar-refractivity contribution in [3.05, 3.63) is 52.3 Å². The Morgan fingerprint density at radius 1 is 0.889 bits per heavy atom. The molecule has 0 aliphatic carbocycles. The molecular formula is C16H18FN. The Balaban J connectivity index is 2.78. The third-order valence-electron chi connectivity index (χ3n) is 3.65. The van der Waals surface area contributed by atoms with Gasteiger partial charge in [0.25, 0.3) is 0 Å². The number of nitrogen functional groups attached to an aromatic ring is 1. The van der Waals surface area contributed by atoms with Gasteiger partial charge in [0.1, 0.15) is 5.82 Å². The fourth-order valence-corrected chi connectivity index (χ4v) is 2.38. The van der Waals surface area contributed by atoms with Crippen molar-refractivity contribution in [2.75, 3.05) is 5.73 Å². The van der Waals surface area contributed by atoms with Gasteiger partial charge in [0.15, 0.2) is 0 Å². The van der Waals surface area contributed by atoms with Gasteiger partial charge in [-0.25, -0.2) is 4.39 Å². The van der Waals surface area contributed by atoms with Crippen LogP contribution in [0, 0.1) is 33.5 Å². The number of nitrogens with two attached hydrogens (primary N) is 1. The van der Waals surface area contributed by atoms with E-state index < -0.39 is 0 Å². The van der Waals surface area contributed by atoms with Crippen LogP contribution in [0.15, 0.2) is 24.3 Å². The number of hydrogen-bond donors (Lipinski definition) is 1. The van der Waals surface area contributed by atoms with Crippen molar-refractivity contribution >= 4 is 5.69 Å². The van der Waals surface area contributed by atoms with Gasteiger partial charge in [-0.05, 0) is 73.7 Å². The molecule has 0 saturated heterocycles. The summed E-state index contributed by atoms with van der Waals surface area (Å²) in [5.74, 6) is -0.295. The van der Waals surface area contributed by atoms with E-state index in [0.29, 0.717) is 5.69 Å². The van der Waals surface area contributed by atoms with E-state index in [1.54, 1.807) is 6.07 Å². The first-order valence-corrected chi connectivity index (χ1v) is 6.04. The largest absolute Gasteiger partial charge is 0.398 e. The average molecular weight is 243 g/mol. The van der Waals surface area contributed by atoms with Crippen LogP contribution in [0.5, 0.6) is 0 Å². The number of hydrogen-bond acceptors (Lipinski definition) is 1. The van der Waals surface area contributed by atoms with Crippen molar-refractivity contribution < 1.29 is 4.39 Å². The minimum Gasteiger partial charge on any atom is -0.398 e. The van der Waals surface area contributed by atoms with Crippen LogP contribution in [-0.4, -0.2) is 0 Å². The predicted octanol–water partition coefficient (Wildman–Crippen LogP) is 4.31. The van der Waals surface area contributed by atoms with Gasteiger partial charge >= 0.3 is 0 Å². The molecule has 94 valence electrons. The predicted molar refractivity (Wildman–Crippen MR) is 75.2 cm³/mol. The summed E-state index contributed by atoms with van der Waals surface area (Å²) in [4.78, 5) is 0. The summed E-state index contributed by atoms with van der Waals surface area (Å²) in [5, 5.41) is 0. The number of rotatable bonds is 1. The number of aryl methyl sites for hydroxylation is 2. The van der Waals surface area contributed by atoms with Gasteiger partial charge in [0.05, 0.1) is 0 Å². The van der Waals surface area contributed by atoms with Gasteiger partial charge in [0, 0.05) is 11.3 Å². The lowest BCUT2D eigenvalue weighted by Crippen LogP contribution is -1.98. The quantitative estimate of drug-likeness (QED) is 0.742. The molecule has 2 aromatic rings. The van der Waals surface area contributed by atoms with E-state index in [9.17, 15) is 4.39 Å². The number of halogens is 1. The van der Waals surface area contributed by atoms with E-state index in [1.807, 2.05) is 0 Å². The zero-order valence-electron chi connectivity index (χ0n) is 11.3. The lowest BCUT2D eigenvalue weighted by molar-refractivity contribution is 0.628. The molecule has 2 aromatic carbocycles. The van der Waals surface area contributed by atoms with Crippen molar-refractivity contribution in [2.45, 2.75) is 27.7 Å². The summed E-state index contributed by atoms with van der Waals surface area (Å²) >= 11 is 0. The van der Waals surface area contributed by atoms with E-state index >= 15 is 0 Å². The maximum absolute atomic E-state index is 13.1. The summed E-state index contributed by atoms with van der Waals surface area (Å²) in [7, 11) is 0. The molecule has 0 radical (unpaired) electrons. The molecule has 0 spiro atoms. The minimum atomic E-state index is -0.295. The summed E-state index contributed by atoms with van der Waals surface area (Å²) in [6.07, 6.45) is 0. The van der Waals surface area contributed by atoms with Crippen LogP contribution < -0.4 is 5.73 Å². The van der Waals surface area contributed by atoms with Crippen LogP contribution in [0.1, 0.15) is 22.3 Å². The molecule has 0 unspecified atom stereocenters. The maximum atomic E-state index is 13.1. The van der Waals surface area contributed by atoms with Gasteiger partial charge in [0.2, 0.25) is 0 Å². The molecular weight excluding hydrogens is 225 g/mol. The minimum absolute atomic E-state index is 0.295. The highest BCUT2D eigenvalue weighted by Crippen LogP contribution is 2.35. The van der Waals surface area contributed by atoms with E-state index in [1.165, 1.54) is 34.4 Å². The van der Waals surface area contributed by atoms with Crippen molar-refractivity contribution in [3.8, 4) is 11.1 Å². The SMILES string of the molecule is Cc1cc(C)c(C)c(-c2ccc(F)cc2N)c1C. The Bertz CT molecular complexity index is 589. The molecule has 0 bridgehead atoms. The first-order valence-electron chi connectivity index (χ1n) is 6.04. The molecule has 0 aromatic heterocycles. The Morgan fingerprint density at radius 3 is 1.94 bits per heavy atom. The molecule has 0 amide bonds. The van der Waals surface area contributed by atoms with Crippen LogP contribution >= 0.6 is 0 Å². The monoisotopic (exact) mass is 243 g/mol. The zero-order valence-corrected chi connectivity index (χ0v) is 11.3. The normalized spacial score (nSPS) is 10.7. The second-order valence-electron chi connectivity index (χ2n) is 4.87. The Labute approximate surface area is 107 Å². The van der Waals surface area contributed by atoms with Crippen molar-refractivity contribution in [3.63, 3.8) is 0 Å². The first-order chi connectivity index (χ1) is 8.41. The number of anilines is 1. The Morgan fingerprint density at radius 2 is 1.44 bits per heavy atom. The molecule has 0 aliphatic heterocycles. The Kier molecular flexibility index (Phi) is 3.12. The van der Waals surface area contributed by atoms with E-state index in [-0.39, 0.29) is 5.82 Å². The van der Waals surface area contributed by atoms with Crippen LogP contribution in [0.2, 0.25) is 0 Å². The second kappa shape index (κ2) is 4.45. The zero-order chi connectivity index (χ0) is 13.4. The van der Waals surface area contributed by atoms with Crippen molar-refractivity contribution in [1.29, 1.82) is 0 Å². The molecule has 2 heteroatoms. The van der Waals surface area contributed by atoms with Crippen molar-refractivity contribution in [1.82, 2.24) is 0 Å². The Hall–Kier alpha value is -1.83. The van der Waals surface area contributed by atoms with Crippen LogP contribution in [0.3, 0.4) is 0 Å². The molecule has 0 heterocycles. The van der Waals surface area contributed by atoms with Crippen LogP contribution in [0.4, 0.5) is 10.1 Å². The fourth-order valence-electron chi connectivity index (χ4n) is 2.38. The third kappa shape index (κ3) is 1.99. The summed E-state index contributed by atoms with van der Waals surface area (Å²) in [6.45, 7) is 8.34. The smallest absolute Gasteiger partial charge is 0.125 e. The molecule has 0 fully saturated rings. The molecule has 2 rings (SSSR count). The first kappa shape index (κ1) is 12.6. The highest BCUT2D eigenvalue weighted by atomic mass is 19.1. The maximum Gasteiger partial charge on any atom is 0.125 e. The van der Waals surface area contributed by atoms with Gasteiger partial charge in [-0.15, -0.1) is 0 Å². The van der Waals surface area contributed by atoms with E-state index in [2.05, 4.69) is 33.8 Å². The molecule has 0 atom stereocenters. The van der Waals surface area contributed by atoms with E-state index in [4.69, 9.17) is 5.73 Å². The summed E-state index contributed by atoms with van der Waals surface area (Å²) in [5.41, 5.74) is 13.4. The molecule has 0 aliphatic rings. The van der Waals surface area contributed by atoms with Gasteiger partial charge < -0.3 is 5.73 Å². The van der Waals surface area contributed by atoms with Crippen LogP contribution in [-0.2, 0) is 0 Å². The van der Waals surface area contributed by atoms with Gasteiger partial charge in [-0.1, -0.05) is 6.07 Å². The average Bonchev–Trinajstić information content (AvgIpc) is 2.29. The van der Waals surface area contributed by atoms with E-state index in [0.717, 1.165) is 11.1 Å². The number of benzene rings is 2.